The average molecular weight is 364 g/mol. The van der Waals surface area contributed by atoms with Crippen LogP contribution in [0.4, 0.5) is 0 Å². The third kappa shape index (κ3) is 17.2. The minimum Gasteiger partial charge on any atom is -0.395 e. The van der Waals surface area contributed by atoms with Crippen molar-refractivity contribution in [3.05, 3.63) is 0 Å². The van der Waals surface area contributed by atoms with Crippen molar-refractivity contribution in [3.63, 3.8) is 0 Å². The molecule has 0 aromatic carbocycles. The van der Waals surface area contributed by atoms with E-state index in [0.717, 1.165) is 23.7 Å². The zero-order chi connectivity index (χ0) is 12.8. The number of aliphatic hydroxyl groups is 2. The summed E-state index contributed by atoms with van der Waals surface area (Å²) in [4.78, 5) is 4.13. The van der Waals surface area contributed by atoms with E-state index in [0.29, 0.717) is 13.1 Å². The van der Waals surface area contributed by atoms with Crippen LogP contribution in [0.3, 0.4) is 0 Å². The summed E-state index contributed by atoms with van der Waals surface area (Å²) in [5.41, 5.74) is 0. The van der Waals surface area contributed by atoms with Crippen molar-refractivity contribution < 1.29 is 10.2 Å². The molecule has 0 spiro atoms. The summed E-state index contributed by atoms with van der Waals surface area (Å²) in [6.07, 6.45) is 0. The molecule has 0 amide bonds. The van der Waals surface area contributed by atoms with E-state index in [1.165, 1.54) is 0 Å². The smallest absolute Gasteiger partial charge is 0.0558 e. The van der Waals surface area contributed by atoms with E-state index in [-0.39, 0.29) is 13.2 Å². The van der Waals surface area contributed by atoms with Gasteiger partial charge in [0.1, 0.15) is 0 Å². The van der Waals surface area contributed by atoms with Crippen LogP contribution in [0.5, 0.6) is 0 Å². The molecule has 0 saturated carbocycles. The van der Waals surface area contributed by atoms with Gasteiger partial charge in [-0.05, 0) is 14.1 Å². The van der Waals surface area contributed by atoms with Crippen molar-refractivity contribution in [2.45, 2.75) is 0 Å². The molecule has 0 aliphatic heterocycles. The summed E-state index contributed by atoms with van der Waals surface area (Å²) in [5, 5.41) is 18.8. The first-order chi connectivity index (χ1) is 7.62. The number of hydrogen-bond acceptors (Lipinski definition) is 4. The first-order valence-electron chi connectivity index (χ1n) is 5.33. The fraction of sp³-hybridized carbons (Fsp3) is 1.00. The molecule has 6 heteroatoms. The van der Waals surface area contributed by atoms with E-state index in [9.17, 15) is 0 Å². The number of rotatable bonds is 8. The molecule has 0 rings (SSSR count). The van der Waals surface area contributed by atoms with Gasteiger partial charge in [0.05, 0.1) is 13.2 Å². The minimum atomic E-state index is 0.163. The second-order valence-corrected chi connectivity index (χ2v) is 5.02. The van der Waals surface area contributed by atoms with Crippen molar-refractivity contribution in [1.29, 1.82) is 0 Å². The van der Waals surface area contributed by atoms with Gasteiger partial charge in [0, 0.05) is 36.8 Å². The predicted molar refractivity (Wildman–Crippen MR) is 76.8 cm³/mol. The van der Waals surface area contributed by atoms with Crippen molar-refractivity contribution in [1.82, 2.24) is 9.80 Å². The average Bonchev–Trinajstić information content (AvgIpc) is 2.20. The molecule has 0 fully saturated rings. The number of nitrogens with zero attached hydrogens (tertiary/aromatic N) is 2. The Hall–Kier alpha value is 0.800. The number of hydrogen-bond donors (Lipinski definition) is 2. The minimum absolute atomic E-state index is 0.163. The van der Waals surface area contributed by atoms with E-state index in [1.54, 1.807) is 0 Å². The van der Waals surface area contributed by atoms with Crippen molar-refractivity contribution in [2.75, 3.05) is 64.1 Å². The molecule has 0 aromatic rings. The SMILES string of the molecule is CN(CCBr)CCBr.CN(CCO)CCO. The van der Waals surface area contributed by atoms with Crippen molar-refractivity contribution >= 4 is 31.9 Å². The Morgan fingerprint density at radius 3 is 1.31 bits per heavy atom. The fourth-order valence-electron chi connectivity index (χ4n) is 0.854. The van der Waals surface area contributed by atoms with Gasteiger partial charge in [0.25, 0.3) is 0 Å². The number of halogens is 2. The molecule has 0 aromatic heterocycles. The summed E-state index contributed by atoms with van der Waals surface area (Å²) < 4.78 is 0. The largest absolute Gasteiger partial charge is 0.395 e. The molecule has 0 heterocycles. The van der Waals surface area contributed by atoms with Gasteiger partial charge in [0.2, 0.25) is 0 Å². The monoisotopic (exact) mass is 362 g/mol. The third-order valence-corrected chi connectivity index (χ3v) is 2.61. The molecule has 16 heavy (non-hydrogen) atoms. The van der Waals surface area contributed by atoms with Gasteiger partial charge in [-0.1, -0.05) is 31.9 Å². The van der Waals surface area contributed by atoms with E-state index in [4.69, 9.17) is 10.2 Å². The van der Waals surface area contributed by atoms with Crippen LogP contribution in [0, 0.1) is 0 Å². The van der Waals surface area contributed by atoms with Crippen LogP contribution in [0.1, 0.15) is 0 Å². The zero-order valence-corrected chi connectivity index (χ0v) is 13.4. The Labute approximate surface area is 116 Å². The highest BCUT2D eigenvalue weighted by atomic mass is 79.9. The van der Waals surface area contributed by atoms with Gasteiger partial charge in [-0.3, -0.25) is 0 Å². The Kier molecular flexibility index (Phi) is 18.9. The lowest BCUT2D eigenvalue weighted by atomic mass is 10.5. The van der Waals surface area contributed by atoms with E-state index < -0.39 is 0 Å². The molecule has 0 atom stereocenters. The Morgan fingerprint density at radius 1 is 0.750 bits per heavy atom. The van der Waals surface area contributed by atoms with Crippen molar-refractivity contribution in [3.8, 4) is 0 Å². The van der Waals surface area contributed by atoms with Gasteiger partial charge in [-0.25, -0.2) is 0 Å². The Bertz CT molecular complexity index is 105. The molecular formula is C10H24Br2N2O2. The number of likely N-dealkylation sites (N-methyl/N-ethyl adjacent to an activating group) is 1. The maximum atomic E-state index is 8.34. The Morgan fingerprint density at radius 2 is 1.06 bits per heavy atom. The highest BCUT2D eigenvalue weighted by molar-refractivity contribution is 9.09. The molecule has 0 aliphatic rings. The van der Waals surface area contributed by atoms with Gasteiger partial charge in [-0.2, -0.15) is 0 Å². The molecular weight excluding hydrogens is 340 g/mol. The van der Waals surface area contributed by atoms with E-state index in [2.05, 4.69) is 43.8 Å². The normalized spacial score (nSPS) is 10.5. The first-order valence-corrected chi connectivity index (χ1v) is 7.57. The van der Waals surface area contributed by atoms with Gasteiger partial charge in [0.15, 0.2) is 0 Å². The first kappa shape index (κ1) is 19.1. The molecule has 0 saturated heterocycles. The van der Waals surface area contributed by atoms with Crippen molar-refractivity contribution in [2.24, 2.45) is 0 Å². The van der Waals surface area contributed by atoms with E-state index in [1.807, 2.05) is 11.9 Å². The summed E-state index contributed by atoms with van der Waals surface area (Å²) in [7, 11) is 3.97. The predicted octanol–water partition coefficient (Wildman–Crippen LogP) is 0.611. The van der Waals surface area contributed by atoms with Crippen LogP contribution in [0.25, 0.3) is 0 Å². The van der Waals surface area contributed by atoms with Crippen LogP contribution in [0.15, 0.2) is 0 Å². The maximum absolute atomic E-state index is 8.34. The zero-order valence-electron chi connectivity index (χ0n) is 10.2. The number of aliphatic hydroxyl groups excluding tert-OH is 2. The Balaban J connectivity index is 0. The molecule has 0 radical (unpaired) electrons. The lowest BCUT2D eigenvalue weighted by molar-refractivity contribution is 0.184. The highest BCUT2D eigenvalue weighted by Gasteiger charge is 1.92. The summed E-state index contributed by atoms with van der Waals surface area (Å²) >= 11 is 6.73. The summed E-state index contributed by atoms with van der Waals surface area (Å²) in [5.74, 6) is 0. The van der Waals surface area contributed by atoms with Crippen LogP contribution in [-0.2, 0) is 0 Å². The molecule has 4 nitrogen and oxygen atoms in total. The highest BCUT2D eigenvalue weighted by Crippen LogP contribution is 1.88. The van der Waals surface area contributed by atoms with Crippen LogP contribution in [0.2, 0.25) is 0 Å². The third-order valence-electron chi connectivity index (χ3n) is 1.90. The van der Waals surface area contributed by atoms with Gasteiger partial charge >= 0.3 is 0 Å². The molecule has 0 aliphatic carbocycles. The second-order valence-electron chi connectivity index (χ2n) is 3.43. The molecule has 2 N–H and O–H groups in total. The molecule has 100 valence electrons. The topological polar surface area (TPSA) is 46.9 Å². The summed E-state index contributed by atoms with van der Waals surface area (Å²) in [6.45, 7) is 3.87. The van der Waals surface area contributed by atoms with Crippen LogP contribution >= 0.6 is 31.9 Å². The van der Waals surface area contributed by atoms with Gasteiger partial charge in [-0.15, -0.1) is 0 Å². The molecule has 0 bridgehead atoms. The fourth-order valence-corrected chi connectivity index (χ4v) is 2.06. The van der Waals surface area contributed by atoms with E-state index >= 15 is 0 Å². The van der Waals surface area contributed by atoms with Crippen LogP contribution in [-0.4, -0.2) is 84.2 Å². The lowest BCUT2D eigenvalue weighted by Gasteiger charge is -2.11. The van der Waals surface area contributed by atoms with Crippen LogP contribution < -0.4 is 0 Å². The standard InChI is InChI=1S/C5H11Br2N.C5H13NO2/c1-8(4-2-6)5-3-7;1-6(2-4-7)3-5-8/h2-5H2,1H3;7-8H,2-5H2,1H3. The number of alkyl halides is 2. The molecule has 0 unspecified atom stereocenters. The van der Waals surface area contributed by atoms with Gasteiger partial charge < -0.3 is 20.0 Å². The summed E-state index contributed by atoms with van der Waals surface area (Å²) in [6, 6.07) is 0. The second kappa shape index (κ2) is 15.8. The quantitative estimate of drug-likeness (QED) is 0.620. The maximum Gasteiger partial charge on any atom is 0.0558 e. The lowest BCUT2D eigenvalue weighted by Crippen LogP contribution is -2.25.